The van der Waals surface area contributed by atoms with Gasteiger partial charge < -0.3 is 14.6 Å². The van der Waals surface area contributed by atoms with Crippen LogP contribution in [0.5, 0.6) is 0 Å². The van der Waals surface area contributed by atoms with E-state index >= 15 is 0 Å². The van der Waals surface area contributed by atoms with Crippen LogP contribution in [0.15, 0.2) is 0 Å². The van der Waals surface area contributed by atoms with Crippen molar-refractivity contribution < 1.29 is 14.6 Å². The Kier molecular flexibility index (Phi) is 7.09. The van der Waals surface area contributed by atoms with E-state index < -0.39 is 11.9 Å². The minimum absolute atomic E-state index is 0.503. The summed E-state index contributed by atoms with van der Waals surface area (Å²) in [7, 11) is 3.27. The zero-order valence-corrected chi connectivity index (χ0v) is 11.4. The van der Waals surface area contributed by atoms with Gasteiger partial charge in [-0.15, -0.1) is 0 Å². The van der Waals surface area contributed by atoms with Gasteiger partial charge in [-0.2, -0.15) is 0 Å². The van der Waals surface area contributed by atoms with Crippen molar-refractivity contribution in [3.8, 4) is 0 Å². The van der Waals surface area contributed by atoms with Gasteiger partial charge in [0.25, 0.3) is 0 Å². The third-order valence-corrected chi connectivity index (χ3v) is 3.95. The fourth-order valence-corrected chi connectivity index (χ4v) is 2.72. The van der Waals surface area contributed by atoms with Gasteiger partial charge >= 0.3 is 0 Å². The summed E-state index contributed by atoms with van der Waals surface area (Å²) in [5.74, 6) is -0.779. The molecule has 0 spiro atoms. The van der Waals surface area contributed by atoms with Gasteiger partial charge in [0.15, 0.2) is 5.79 Å². The first-order chi connectivity index (χ1) is 8.25. The smallest absolute Gasteiger partial charge is 0.193 e. The summed E-state index contributed by atoms with van der Waals surface area (Å²) in [6.45, 7) is 0. The maximum Gasteiger partial charge on any atom is 0.193 e. The highest BCUT2D eigenvalue weighted by Gasteiger charge is 2.37. The summed E-state index contributed by atoms with van der Waals surface area (Å²) >= 11 is 0. The van der Waals surface area contributed by atoms with Crippen molar-refractivity contribution in [2.24, 2.45) is 0 Å². The number of ether oxygens (including phenoxy) is 2. The molecule has 1 atom stereocenters. The molecule has 1 aliphatic rings. The first kappa shape index (κ1) is 14.9. The van der Waals surface area contributed by atoms with Gasteiger partial charge in [-0.1, -0.05) is 44.9 Å². The van der Waals surface area contributed by atoms with E-state index in [9.17, 15) is 5.11 Å². The van der Waals surface area contributed by atoms with Crippen LogP contribution >= 0.6 is 0 Å². The lowest BCUT2D eigenvalue weighted by Crippen LogP contribution is -2.46. The largest absolute Gasteiger partial charge is 0.388 e. The van der Waals surface area contributed by atoms with E-state index in [-0.39, 0.29) is 0 Å². The molecule has 0 saturated heterocycles. The molecule has 0 radical (unpaired) electrons. The maximum atomic E-state index is 10.3. The lowest BCUT2D eigenvalue weighted by Gasteiger charge is -2.35. The summed E-state index contributed by atoms with van der Waals surface area (Å²) in [5.41, 5.74) is 0. The Morgan fingerprint density at radius 2 is 1.29 bits per heavy atom. The summed E-state index contributed by atoms with van der Waals surface area (Å²) in [6.07, 6.45) is 10.9. The van der Waals surface area contributed by atoms with Gasteiger partial charge in [0.2, 0.25) is 0 Å². The second kappa shape index (κ2) is 8.06. The topological polar surface area (TPSA) is 38.7 Å². The van der Waals surface area contributed by atoms with E-state index in [1.54, 1.807) is 14.2 Å². The molecule has 3 nitrogen and oxygen atoms in total. The lowest BCUT2D eigenvalue weighted by molar-refractivity contribution is -0.264. The highest BCUT2D eigenvalue weighted by atomic mass is 16.7. The molecule has 0 aromatic rings. The Balaban J connectivity index is 2.56. The highest BCUT2D eigenvalue weighted by Crippen LogP contribution is 2.28. The standard InChI is InChI=1S/C14H28O3/c1-16-14(17-2)12-10-8-6-4-3-5-7-9-11-13(14)15/h13,15H,3-12H2,1-2H3. The van der Waals surface area contributed by atoms with E-state index in [1.807, 2.05) is 0 Å². The van der Waals surface area contributed by atoms with Crippen LogP contribution in [0.1, 0.15) is 64.2 Å². The van der Waals surface area contributed by atoms with E-state index in [0.29, 0.717) is 0 Å². The number of hydrogen-bond donors (Lipinski definition) is 1. The zero-order chi connectivity index (χ0) is 12.6. The number of rotatable bonds is 2. The second-order valence-electron chi connectivity index (χ2n) is 5.10. The van der Waals surface area contributed by atoms with E-state index in [4.69, 9.17) is 9.47 Å². The van der Waals surface area contributed by atoms with Gasteiger partial charge in [-0.05, 0) is 12.8 Å². The third-order valence-electron chi connectivity index (χ3n) is 3.95. The first-order valence-electron chi connectivity index (χ1n) is 7.03. The van der Waals surface area contributed by atoms with Gasteiger partial charge in [0.05, 0.1) is 0 Å². The van der Waals surface area contributed by atoms with Crippen molar-refractivity contribution in [2.75, 3.05) is 14.2 Å². The highest BCUT2D eigenvalue weighted by molar-refractivity contribution is 4.79. The van der Waals surface area contributed by atoms with Crippen LogP contribution in [0.2, 0.25) is 0 Å². The normalized spacial score (nSPS) is 28.1. The minimum Gasteiger partial charge on any atom is -0.388 e. The Labute approximate surface area is 105 Å². The predicted octanol–water partition coefficient (Wildman–Crippen LogP) is 3.25. The molecule has 17 heavy (non-hydrogen) atoms. The SMILES string of the molecule is COC1(OC)CCCCCCCCCCC1O. The molecular formula is C14H28O3. The van der Waals surface area contributed by atoms with Gasteiger partial charge in [-0.3, -0.25) is 0 Å². The van der Waals surface area contributed by atoms with Gasteiger partial charge in [0, 0.05) is 20.6 Å². The van der Waals surface area contributed by atoms with Crippen LogP contribution in [-0.4, -0.2) is 31.2 Å². The first-order valence-corrected chi connectivity index (χ1v) is 7.03. The summed E-state index contributed by atoms with van der Waals surface area (Å²) in [4.78, 5) is 0. The van der Waals surface area contributed by atoms with E-state index in [0.717, 1.165) is 25.7 Å². The molecule has 0 aliphatic heterocycles. The monoisotopic (exact) mass is 244 g/mol. The van der Waals surface area contributed by atoms with Crippen molar-refractivity contribution in [2.45, 2.75) is 76.1 Å². The van der Waals surface area contributed by atoms with Crippen LogP contribution in [0.25, 0.3) is 0 Å². The van der Waals surface area contributed by atoms with Gasteiger partial charge in [-0.25, -0.2) is 0 Å². The molecule has 0 aromatic carbocycles. The quantitative estimate of drug-likeness (QED) is 0.758. The van der Waals surface area contributed by atoms with Crippen LogP contribution in [0.3, 0.4) is 0 Å². The molecule has 1 unspecified atom stereocenters. The van der Waals surface area contributed by atoms with Crippen molar-refractivity contribution in [1.82, 2.24) is 0 Å². The zero-order valence-electron chi connectivity index (χ0n) is 11.4. The Bertz CT molecular complexity index is 190. The number of aliphatic hydroxyl groups is 1. The fraction of sp³-hybridized carbons (Fsp3) is 1.00. The number of aliphatic hydroxyl groups excluding tert-OH is 1. The van der Waals surface area contributed by atoms with E-state index in [1.165, 1.54) is 38.5 Å². The molecular weight excluding hydrogens is 216 g/mol. The molecule has 1 aliphatic carbocycles. The number of methoxy groups -OCH3 is 2. The van der Waals surface area contributed by atoms with Crippen molar-refractivity contribution in [3.05, 3.63) is 0 Å². The van der Waals surface area contributed by atoms with Crippen LogP contribution in [0.4, 0.5) is 0 Å². The molecule has 0 bridgehead atoms. The fourth-order valence-electron chi connectivity index (χ4n) is 2.72. The Morgan fingerprint density at radius 3 is 1.82 bits per heavy atom. The summed E-state index contributed by atoms with van der Waals surface area (Å²) in [5, 5.41) is 10.3. The molecule has 0 aromatic heterocycles. The van der Waals surface area contributed by atoms with Crippen molar-refractivity contribution in [3.63, 3.8) is 0 Å². The average molecular weight is 244 g/mol. The third kappa shape index (κ3) is 4.57. The minimum atomic E-state index is -0.779. The average Bonchev–Trinajstić information content (AvgIpc) is 2.35. The molecule has 0 amide bonds. The van der Waals surface area contributed by atoms with Crippen LogP contribution < -0.4 is 0 Å². The predicted molar refractivity (Wildman–Crippen MR) is 68.9 cm³/mol. The van der Waals surface area contributed by atoms with Crippen LogP contribution in [0, 0.1) is 0 Å². The Morgan fingerprint density at radius 1 is 0.824 bits per heavy atom. The molecule has 102 valence electrons. The molecule has 1 rings (SSSR count). The van der Waals surface area contributed by atoms with Crippen LogP contribution in [-0.2, 0) is 9.47 Å². The summed E-state index contributed by atoms with van der Waals surface area (Å²) in [6, 6.07) is 0. The summed E-state index contributed by atoms with van der Waals surface area (Å²) < 4.78 is 10.9. The van der Waals surface area contributed by atoms with E-state index in [2.05, 4.69) is 0 Å². The lowest BCUT2D eigenvalue weighted by atomic mass is 9.94. The molecule has 0 heterocycles. The molecule has 3 heteroatoms. The molecule has 1 fully saturated rings. The van der Waals surface area contributed by atoms with Crippen molar-refractivity contribution in [1.29, 1.82) is 0 Å². The molecule has 1 N–H and O–H groups in total. The second-order valence-corrected chi connectivity index (χ2v) is 5.10. The molecule has 1 saturated carbocycles. The van der Waals surface area contributed by atoms with Crippen molar-refractivity contribution >= 4 is 0 Å². The number of hydrogen-bond acceptors (Lipinski definition) is 3. The van der Waals surface area contributed by atoms with Gasteiger partial charge in [0.1, 0.15) is 6.10 Å². The Hall–Kier alpha value is -0.120. The maximum absolute atomic E-state index is 10.3.